The predicted molar refractivity (Wildman–Crippen MR) is 140 cm³/mol. The summed E-state index contributed by atoms with van der Waals surface area (Å²) in [5.41, 5.74) is 0. The van der Waals surface area contributed by atoms with E-state index in [9.17, 15) is 14.7 Å². The molecular weight excluding hydrogens is 432 g/mol. The van der Waals surface area contributed by atoms with Gasteiger partial charge in [0, 0.05) is 0 Å². The van der Waals surface area contributed by atoms with Crippen LogP contribution in [0.3, 0.4) is 0 Å². The van der Waals surface area contributed by atoms with Gasteiger partial charge in [-0.15, -0.1) is 0 Å². The first-order chi connectivity index (χ1) is 15.4. The molecule has 0 aromatic heterocycles. The van der Waals surface area contributed by atoms with Crippen molar-refractivity contribution >= 4 is 20.3 Å². The predicted octanol–water partition coefficient (Wildman–Crippen LogP) is 8.12. The molecule has 0 aromatic carbocycles. The van der Waals surface area contributed by atoms with E-state index >= 15 is 0 Å². The number of ether oxygens (including phenoxy) is 1. The Morgan fingerprint density at radius 1 is 0.818 bits per heavy atom. The molecule has 0 aliphatic heterocycles. The summed E-state index contributed by atoms with van der Waals surface area (Å²) in [6.45, 7) is 15.4. The van der Waals surface area contributed by atoms with Crippen molar-refractivity contribution in [3.8, 4) is 0 Å². The minimum Gasteiger partial charge on any atom is -0.481 e. The highest BCUT2D eigenvalue weighted by Gasteiger charge is 2.40. The summed E-state index contributed by atoms with van der Waals surface area (Å²) in [5.74, 6) is -0.874. The number of rotatable bonds is 20. The molecule has 0 rings (SSSR count). The second-order valence-corrected chi connectivity index (χ2v) is 16.0. The van der Waals surface area contributed by atoms with Crippen LogP contribution < -0.4 is 0 Å². The van der Waals surface area contributed by atoms with Gasteiger partial charge in [-0.25, -0.2) is 0 Å². The number of aliphatic carboxylic acids is 1. The number of carbonyl (C=O) groups is 2. The van der Waals surface area contributed by atoms with Crippen molar-refractivity contribution in [1.82, 2.24) is 0 Å². The lowest BCUT2D eigenvalue weighted by Crippen LogP contribution is -2.45. The van der Waals surface area contributed by atoms with Crippen molar-refractivity contribution in [2.45, 2.75) is 149 Å². The van der Waals surface area contributed by atoms with Crippen molar-refractivity contribution in [1.29, 1.82) is 0 Å². The zero-order valence-electron chi connectivity index (χ0n) is 22.8. The number of esters is 1. The molecule has 0 bridgehead atoms. The van der Waals surface area contributed by atoms with Gasteiger partial charge >= 0.3 is 11.9 Å². The van der Waals surface area contributed by atoms with Crippen molar-refractivity contribution in [3.05, 3.63) is 0 Å². The van der Waals surface area contributed by atoms with Gasteiger partial charge in [0.05, 0.1) is 25.6 Å². The maximum Gasteiger partial charge on any atom is 0.308 e. The third-order valence-electron chi connectivity index (χ3n) is 6.98. The van der Waals surface area contributed by atoms with Crippen LogP contribution in [0.2, 0.25) is 18.1 Å². The molecule has 0 saturated heterocycles. The molecule has 0 aliphatic carbocycles. The molecule has 2 atom stereocenters. The van der Waals surface area contributed by atoms with Crippen molar-refractivity contribution in [2.75, 3.05) is 6.61 Å². The average Bonchev–Trinajstić information content (AvgIpc) is 2.69. The second-order valence-electron chi connectivity index (χ2n) is 11.3. The number of carboxylic acid groups (broad SMARTS) is 1. The van der Waals surface area contributed by atoms with Crippen molar-refractivity contribution in [2.24, 2.45) is 5.92 Å². The Balaban J connectivity index is 4.75. The minimum absolute atomic E-state index is 0.0123. The fourth-order valence-electron chi connectivity index (χ4n) is 3.78. The molecule has 6 heteroatoms. The lowest BCUT2D eigenvalue weighted by Gasteiger charge is -2.38. The van der Waals surface area contributed by atoms with Gasteiger partial charge in [0.25, 0.3) is 0 Å². The van der Waals surface area contributed by atoms with E-state index in [1.54, 1.807) is 0 Å². The number of unbranched alkanes of at least 4 members (excludes halogenated alkanes) is 8. The molecule has 0 heterocycles. The van der Waals surface area contributed by atoms with E-state index in [1.165, 1.54) is 64.2 Å². The van der Waals surface area contributed by atoms with Gasteiger partial charge < -0.3 is 14.3 Å². The van der Waals surface area contributed by atoms with Crippen LogP contribution in [0.25, 0.3) is 0 Å². The van der Waals surface area contributed by atoms with Crippen LogP contribution in [-0.2, 0) is 18.8 Å². The molecular formula is C27H54O5Si. The molecule has 33 heavy (non-hydrogen) atoms. The summed E-state index contributed by atoms with van der Waals surface area (Å²) in [6.07, 6.45) is 13.9. The molecule has 0 spiro atoms. The van der Waals surface area contributed by atoms with Crippen LogP contribution in [-0.4, -0.2) is 38.1 Å². The zero-order chi connectivity index (χ0) is 25.3. The molecule has 1 N–H and O–H groups in total. The lowest BCUT2D eigenvalue weighted by molar-refractivity contribution is -0.148. The van der Waals surface area contributed by atoms with Crippen LogP contribution in [0.1, 0.15) is 125 Å². The quantitative estimate of drug-likeness (QED) is 0.107. The van der Waals surface area contributed by atoms with Gasteiger partial charge in [0.1, 0.15) is 0 Å². The highest BCUT2D eigenvalue weighted by atomic mass is 28.4. The highest BCUT2D eigenvalue weighted by Crippen LogP contribution is 2.38. The molecule has 0 radical (unpaired) electrons. The zero-order valence-corrected chi connectivity index (χ0v) is 23.8. The number of carbonyl (C=O) groups excluding carboxylic acids is 1. The standard InChI is InChI=1S/C27H54O5Si/c1-8-10-12-14-15-17-19-23(18-16-13-11-9-2)22-31-26(30)21-24(20-25(28)29)32-33(6,7)27(3,4)5/h23-24H,8-22H2,1-7H3,(H,28,29). The summed E-state index contributed by atoms with van der Waals surface area (Å²) < 4.78 is 11.9. The highest BCUT2D eigenvalue weighted by molar-refractivity contribution is 6.74. The van der Waals surface area contributed by atoms with E-state index in [1.807, 2.05) is 0 Å². The van der Waals surface area contributed by atoms with E-state index in [0.717, 1.165) is 12.8 Å². The molecule has 196 valence electrons. The summed E-state index contributed by atoms with van der Waals surface area (Å²) in [4.78, 5) is 24.0. The summed E-state index contributed by atoms with van der Waals surface area (Å²) in [5, 5.41) is 9.27. The van der Waals surface area contributed by atoms with Gasteiger partial charge in [0.15, 0.2) is 8.32 Å². The molecule has 0 saturated carbocycles. The monoisotopic (exact) mass is 486 g/mol. The molecule has 0 fully saturated rings. The Bertz CT molecular complexity index is 527. The molecule has 0 aromatic rings. The largest absolute Gasteiger partial charge is 0.481 e. The Morgan fingerprint density at radius 2 is 1.30 bits per heavy atom. The van der Waals surface area contributed by atoms with Gasteiger partial charge in [-0.3, -0.25) is 9.59 Å². The first kappa shape index (κ1) is 32.1. The third kappa shape index (κ3) is 16.4. The maximum atomic E-state index is 12.6. The fourth-order valence-corrected chi connectivity index (χ4v) is 5.14. The molecule has 0 aliphatic rings. The Labute approximate surface area is 205 Å². The van der Waals surface area contributed by atoms with Crippen molar-refractivity contribution in [3.63, 3.8) is 0 Å². The van der Waals surface area contributed by atoms with E-state index < -0.39 is 20.4 Å². The number of hydrogen-bond acceptors (Lipinski definition) is 4. The van der Waals surface area contributed by atoms with E-state index in [0.29, 0.717) is 12.5 Å². The fraction of sp³-hybridized carbons (Fsp3) is 0.926. The molecule has 2 unspecified atom stereocenters. The average molecular weight is 487 g/mol. The number of carboxylic acids is 1. The molecule has 0 amide bonds. The SMILES string of the molecule is CCCCCCCCC(CCCCCC)COC(=O)CC(CC(=O)O)O[Si](C)(C)C(C)(C)C. The first-order valence-electron chi connectivity index (χ1n) is 13.5. The normalized spacial score (nSPS) is 14.2. The van der Waals surface area contributed by atoms with Crippen LogP contribution in [0, 0.1) is 5.92 Å². The third-order valence-corrected chi connectivity index (χ3v) is 11.5. The Morgan fingerprint density at radius 3 is 1.79 bits per heavy atom. The van der Waals surface area contributed by atoms with E-state index in [-0.39, 0.29) is 23.8 Å². The topological polar surface area (TPSA) is 72.8 Å². The van der Waals surface area contributed by atoms with E-state index in [4.69, 9.17) is 9.16 Å². The molecule has 5 nitrogen and oxygen atoms in total. The smallest absolute Gasteiger partial charge is 0.308 e. The minimum atomic E-state index is -2.17. The second kappa shape index (κ2) is 17.5. The van der Waals surface area contributed by atoms with Crippen LogP contribution in [0.5, 0.6) is 0 Å². The van der Waals surface area contributed by atoms with Gasteiger partial charge in [-0.05, 0) is 36.9 Å². The van der Waals surface area contributed by atoms with Crippen LogP contribution in [0.4, 0.5) is 0 Å². The Kier molecular flexibility index (Phi) is 17.1. The van der Waals surface area contributed by atoms with Crippen molar-refractivity contribution < 1.29 is 23.9 Å². The summed E-state index contributed by atoms with van der Waals surface area (Å²) in [6, 6.07) is 0. The van der Waals surface area contributed by atoms with Gasteiger partial charge in [-0.1, -0.05) is 98.8 Å². The summed E-state index contributed by atoms with van der Waals surface area (Å²) >= 11 is 0. The van der Waals surface area contributed by atoms with Gasteiger partial charge in [0.2, 0.25) is 0 Å². The van der Waals surface area contributed by atoms with Crippen LogP contribution >= 0.6 is 0 Å². The Hall–Kier alpha value is -0.883. The van der Waals surface area contributed by atoms with E-state index in [2.05, 4.69) is 47.7 Å². The first-order valence-corrected chi connectivity index (χ1v) is 16.4. The summed E-state index contributed by atoms with van der Waals surface area (Å²) in [7, 11) is -2.17. The van der Waals surface area contributed by atoms with Gasteiger partial charge in [-0.2, -0.15) is 0 Å². The maximum absolute atomic E-state index is 12.6. The van der Waals surface area contributed by atoms with Crippen LogP contribution in [0.15, 0.2) is 0 Å². The lowest BCUT2D eigenvalue weighted by atomic mass is 9.95. The number of hydrogen-bond donors (Lipinski definition) is 1.